The van der Waals surface area contributed by atoms with Crippen LogP contribution in [0.15, 0.2) is 83.9 Å². The van der Waals surface area contributed by atoms with Crippen molar-refractivity contribution in [3.05, 3.63) is 123 Å². The Labute approximate surface area is 217 Å². The summed E-state index contributed by atoms with van der Waals surface area (Å²) in [4.78, 5) is 14.4. The molecule has 7 heteroatoms. The minimum absolute atomic E-state index is 0.0733. The Balaban J connectivity index is 0.000000233. The van der Waals surface area contributed by atoms with Gasteiger partial charge in [-0.3, -0.25) is 4.79 Å². The van der Waals surface area contributed by atoms with Gasteiger partial charge in [-0.2, -0.15) is 0 Å². The lowest BCUT2D eigenvalue weighted by molar-refractivity contribution is -0.112. The summed E-state index contributed by atoms with van der Waals surface area (Å²) in [7, 11) is 0. The number of halogens is 4. The molecule has 2 aliphatic rings. The molecule has 4 aromatic carbocycles. The van der Waals surface area contributed by atoms with Crippen molar-refractivity contribution in [1.82, 2.24) is 0 Å². The second kappa shape index (κ2) is 9.87. The van der Waals surface area contributed by atoms with Gasteiger partial charge in [-0.1, -0.05) is 48.9 Å². The normalized spacial score (nSPS) is 17.1. The molecular formula is C30H22ClF3N2O. The predicted molar refractivity (Wildman–Crippen MR) is 139 cm³/mol. The SMILES string of the molecule is CC1(Cc2cc(F)cc(F)c2)CNc2ccc(-c3ccc(F)c(Cl)c3)cc21.O=C1C=c2ccccc2=N1. The van der Waals surface area contributed by atoms with Crippen molar-refractivity contribution in [3.8, 4) is 11.1 Å². The number of nitrogens with zero attached hydrogens (tertiary/aromatic N) is 1. The number of fused-ring (bicyclic) bond motifs is 2. The van der Waals surface area contributed by atoms with Crippen LogP contribution in [0.2, 0.25) is 5.02 Å². The lowest BCUT2D eigenvalue weighted by Crippen LogP contribution is -2.27. The summed E-state index contributed by atoms with van der Waals surface area (Å²) in [5.41, 5.74) is 4.07. The van der Waals surface area contributed by atoms with Gasteiger partial charge in [0.2, 0.25) is 0 Å². The van der Waals surface area contributed by atoms with Gasteiger partial charge in [0.1, 0.15) is 17.5 Å². The Morgan fingerprint density at radius 3 is 2.35 bits per heavy atom. The van der Waals surface area contributed by atoms with Gasteiger partial charge in [0, 0.05) is 35.0 Å². The summed E-state index contributed by atoms with van der Waals surface area (Å²) in [5, 5.41) is 5.15. The molecule has 0 bridgehead atoms. The summed E-state index contributed by atoms with van der Waals surface area (Å²) in [6.45, 7) is 2.73. The van der Waals surface area contributed by atoms with E-state index in [4.69, 9.17) is 11.6 Å². The maximum Gasteiger partial charge on any atom is 0.270 e. The molecule has 2 heterocycles. The van der Waals surface area contributed by atoms with Crippen molar-refractivity contribution in [2.24, 2.45) is 4.99 Å². The molecule has 1 atom stereocenters. The van der Waals surface area contributed by atoms with E-state index in [1.54, 1.807) is 12.1 Å². The van der Waals surface area contributed by atoms with Crippen LogP contribution >= 0.6 is 11.6 Å². The molecule has 1 unspecified atom stereocenters. The number of rotatable bonds is 3. The van der Waals surface area contributed by atoms with Gasteiger partial charge in [-0.05, 0) is 71.1 Å². The summed E-state index contributed by atoms with van der Waals surface area (Å²) in [5.74, 6) is -1.76. The van der Waals surface area contributed by atoms with Gasteiger partial charge < -0.3 is 5.32 Å². The van der Waals surface area contributed by atoms with Crippen LogP contribution in [0.25, 0.3) is 17.2 Å². The molecular weight excluding hydrogens is 497 g/mol. The summed E-state index contributed by atoms with van der Waals surface area (Å²) < 4.78 is 40.6. The van der Waals surface area contributed by atoms with Crippen LogP contribution in [0, 0.1) is 17.5 Å². The zero-order valence-corrected chi connectivity index (χ0v) is 20.6. The van der Waals surface area contributed by atoms with Crippen molar-refractivity contribution in [3.63, 3.8) is 0 Å². The predicted octanol–water partition coefficient (Wildman–Crippen LogP) is 5.98. The van der Waals surface area contributed by atoms with Crippen molar-refractivity contribution in [2.75, 3.05) is 11.9 Å². The van der Waals surface area contributed by atoms with Crippen LogP contribution in [0.4, 0.5) is 18.9 Å². The molecule has 2 aliphatic heterocycles. The second-order valence-electron chi connectivity index (χ2n) is 9.41. The van der Waals surface area contributed by atoms with Gasteiger partial charge >= 0.3 is 0 Å². The number of anilines is 1. The largest absolute Gasteiger partial charge is 0.384 e. The second-order valence-corrected chi connectivity index (χ2v) is 9.82. The first-order valence-electron chi connectivity index (χ1n) is 11.7. The molecule has 0 spiro atoms. The molecule has 4 aromatic rings. The third-order valence-electron chi connectivity index (χ3n) is 6.55. The minimum atomic E-state index is -0.575. The number of nitrogens with one attached hydrogen (secondary N) is 1. The van der Waals surface area contributed by atoms with Crippen LogP contribution in [0.5, 0.6) is 0 Å². The first-order chi connectivity index (χ1) is 17.7. The van der Waals surface area contributed by atoms with Gasteiger partial charge in [0.15, 0.2) is 0 Å². The van der Waals surface area contributed by atoms with E-state index < -0.39 is 17.5 Å². The Morgan fingerprint density at radius 1 is 0.919 bits per heavy atom. The Hall–Kier alpha value is -3.90. The third-order valence-corrected chi connectivity index (χ3v) is 6.84. The third kappa shape index (κ3) is 5.30. The smallest absolute Gasteiger partial charge is 0.270 e. The number of carbonyl (C=O) groups is 1. The molecule has 3 nitrogen and oxygen atoms in total. The molecule has 6 rings (SSSR count). The van der Waals surface area contributed by atoms with Crippen molar-refractivity contribution < 1.29 is 18.0 Å². The van der Waals surface area contributed by atoms with E-state index in [0.29, 0.717) is 18.5 Å². The standard InChI is InChI=1S/C22H17ClF3N.C8H5NO/c1-22(11-13-6-16(24)10-17(25)7-13)12-27-21-5-3-14(8-18(21)22)15-2-4-20(26)19(23)9-15;10-8-5-6-3-1-2-4-7(6)9-8/h2-10,27H,11-12H2,1H3;1-5H. The average Bonchev–Trinajstić information content (AvgIpc) is 3.39. The molecule has 0 radical (unpaired) electrons. The Kier molecular flexibility index (Phi) is 6.61. The number of carbonyl (C=O) groups excluding carboxylic acids is 1. The molecule has 0 aromatic heterocycles. The zero-order chi connectivity index (χ0) is 26.2. The molecule has 0 aliphatic carbocycles. The maximum atomic E-state index is 13.6. The Morgan fingerprint density at radius 2 is 1.62 bits per heavy atom. The van der Waals surface area contributed by atoms with Gasteiger partial charge in [-0.25, -0.2) is 18.2 Å². The van der Waals surface area contributed by atoms with Crippen LogP contribution in [0.3, 0.4) is 0 Å². The number of benzene rings is 4. The first-order valence-corrected chi connectivity index (χ1v) is 12.1. The highest BCUT2D eigenvalue weighted by atomic mass is 35.5. The number of hydrogen-bond acceptors (Lipinski definition) is 2. The van der Waals surface area contributed by atoms with Crippen LogP contribution in [0.1, 0.15) is 18.1 Å². The monoisotopic (exact) mass is 518 g/mol. The van der Waals surface area contributed by atoms with Gasteiger partial charge in [0.25, 0.3) is 5.91 Å². The zero-order valence-electron chi connectivity index (χ0n) is 19.9. The molecule has 1 N–H and O–H groups in total. The quantitative estimate of drug-likeness (QED) is 0.363. The molecule has 0 saturated carbocycles. The lowest BCUT2D eigenvalue weighted by Gasteiger charge is -2.25. The summed E-state index contributed by atoms with van der Waals surface area (Å²) in [6, 6.07) is 21.7. The molecule has 0 saturated heterocycles. The first kappa shape index (κ1) is 24.8. The van der Waals surface area contributed by atoms with E-state index in [2.05, 4.69) is 17.2 Å². The number of amides is 1. The molecule has 0 fully saturated rings. The van der Waals surface area contributed by atoms with Gasteiger partial charge in [0.05, 0.1) is 10.4 Å². The van der Waals surface area contributed by atoms with E-state index in [1.807, 2.05) is 42.5 Å². The topological polar surface area (TPSA) is 41.5 Å². The highest BCUT2D eigenvalue weighted by Gasteiger charge is 2.35. The molecule has 1 amide bonds. The average molecular weight is 519 g/mol. The summed E-state index contributed by atoms with van der Waals surface area (Å²) >= 11 is 5.92. The van der Waals surface area contributed by atoms with E-state index in [9.17, 15) is 18.0 Å². The van der Waals surface area contributed by atoms with E-state index in [0.717, 1.165) is 39.0 Å². The minimum Gasteiger partial charge on any atom is -0.384 e. The Bertz CT molecular complexity index is 1600. The summed E-state index contributed by atoms with van der Waals surface area (Å²) in [6.07, 6.45) is 2.03. The lowest BCUT2D eigenvalue weighted by atomic mass is 9.78. The maximum absolute atomic E-state index is 13.6. The highest BCUT2D eigenvalue weighted by Crippen LogP contribution is 2.41. The fourth-order valence-corrected chi connectivity index (χ4v) is 4.94. The molecule has 37 heavy (non-hydrogen) atoms. The number of hydrogen-bond donors (Lipinski definition) is 1. The van der Waals surface area contributed by atoms with Crippen molar-refractivity contribution in [2.45, 2.75) is 18.8 Å². The fraction of sp³-hybridized carbons (Fsp3) is 0.133. The highest BCUT2D eigenvalue weighted by molar-refractivity contribution is 6.31. The van der Waals surface area contributed by atoms with Gasteiger partial charge in [-0.15, -0.1) is 0 Å². The van der Waals surface area contributed by atoms with Crippen LogP contribution < -0.4 is 15.9 Å². The molecule has 186 valence electrons. The number of para-hydroxylation sites is 1. The van der Waals surface area contributed by atoms with Crippen LogP contribution in [-0.4, -0.2) is 12.5 Å². The van der Waals surface area contributed by atoms with Crippen molar-refractivity contribution in [1.29, 1.82) is 0 Å². The van der Waals surface area contributed by atoms with E-state index in [1.165, 1.54) is 24.3 Å². The van der Waals surface area contributed by atoms with Crippen LogP contribution in [-0.2, 0) is 16.6 Å². The fourth-order valence-electron chi connectivity index (χ4n) is 4.76. The van der Waals surface area contributed by atoms with Crippen molar-refractivity contribution >= 4 is 29.3 Å². The van der Waals surface area contributed by atoms with E-state index in [-0.39, 0.29) is 16.3 Å². The van der Waals surface area contributed by atoms with E-state index >= 15 is 0 Å².